The summed E-state index contributed by atoms with van der Waals surface area (Å²) < 4.78 is 0. The number of halogens is 2. The number of primary amides is 1. The molecule has 1 aliphatic rings. The van der Waals surface area contributed by atoms with E-state index in [9.17, 15) is 9.59 Å². The van der Waals surface area contributed by atoms with Crippen LogP contribution in [0.4, 0.5) is 11.4 Å². The van der Waals surface area contributed by atoms with Crippen LogP contribution in [0.2, 0.25) is 10.0 Å². The van der Waals surface area contributed by atoms with Gasteiger partial charge >= 0.3 is 0 Å². The van der Waals surface area contributed by atoms with Crippen molar-refractivity contribution in [2.75, 3.05) is 17.2 Å². The first kappa shape index (κ1) is 13.0. The molecule has 1 atom stereocenters. The fourth-order valence-electron chi connectivity index (χ4n) is 1.93. The molecule has 1 unspecified atom stereocenters. The molecule has 5 nitrogen and oxygen atoms in total. The molecule has 4 N–H and O–H groups in total. The Bertz CT molecular complexity index is 533. The normalized spacial score (nSPS) is 19.3. The van der Waals surface area contributed by atoms with E-state index in [1.54, 1.807) is 6.07 Å². The summed E-state index contributed by atoms with van der Waals surface area (Å²) in [5.41, 5.74) is 11.7. The molecule has 1 saturated heterocycles. The topological polar surface area (TPSA) is 89.4 Å². The second-order valence-corrected chi connectivity index (χ2v) is 4.97. The molecule has 96 valence electrons. The molecule has 2 rings (SSSR count). The van der Waals surface area contributed by atoms with Crippen LogP contribution in [0.25, 0.3) is 0 Å². The van der Waals surface area contributed by atoms with Crippen LogP contribution in [-0.4, -0.2) is 18.4 Å². The lowest BCUT2D eigenvalue weighted by atomic mass is 10.1. The Hall–Kier alpha value is -1.46. The van der Waals surface area contributed by atoms with Crippen LogP contribution in [0.15, 0.2) is 12.1 Å². The molecular formula is C11H11Cl2N3O2. The zero-order chi connectivity index (χ0) is 13.4. The number of nitrogens with zero attached hydrogens (tertiary/aromatic N) is 1. The van der Waals surface area contributed by atoms with Crippen LogP contribution in [0.5, 0.6) is 0 Å². The number of hydrogen-bond acceptors (Lipinski definition) is 3. The van der Waals surface area contributed by atoms with Gasteiger partial charge < -0.3 is 16.4 Å². The average Bonchev–Trinajstić information content (AvgIpc) is 2.66. The molecule has 0 saturated carbocycles. The Morgan fingerprint density at radius 2 is 2.06 bits per heavy atom. The first-order valence-electron chi connectivity index (χ1n) is 5.24. The summed E-state index contributed by atoms with van der Waals surface area (Å²) in [5.74, 6) is -1.23. The average molecular weight is 288 g/mol. The molecule has 7 heteroatoms. The smallest absolute Gasteiger partial charge is 0.227 e. The number of carbonyl (C=O) groups excluding carboxylic acids is 2. The van der Waals surface area contributed by atoms with Crippen molar-refractivity contribution in [3.05, 3.63) is 22.2 Å². The van der Waals surface area contributed by atoms with Gasteiger partial charge in [0.2, 0.25) is 11.8 Å². The van der Waals surface area contributed by atoms with Crippen LogP contribution in [0, 0.1) is 5.92 Å². The molecule has 1 aliphatic heterocycles. The Morgan fingerprint density at radius 3 is 2.61 bits per heavy atom. The largest absolute Gasteiger partial charge is 0.396 e. The van der Waals surface area contributed by atoms with E-state index >= 15 is 0 Å². The Kier molecular flexibility index (Phi) is 3.36. The lowest BCUT2D eigenvalue weighted by Crippen LogP contribution is -2.29. The van der Waals surface area contributed by atoms with E-state index < -0.39 is 11.8 Å². The highest BCUT2D eigenvalue weighted by atomic mass is 35.5. The third-order valence-corrected chi connectivity index (χ3v) is 3.42. The van der Waals surface area contributed by atoms with Gasteiger partial charge in [0, 0.05) is 18.0 Å². The Balaban J connectivity index is 2.38. The van der Waals surface area contributed by atoms with Crippen molar-refractivity contribution in [3.8, 4) is 0 Å². The van der Waals surface area contributed by atoms with Gasteiger partial charge in [-0.1, -0.05) is 23.2 Å². The molecule has 2 amide bonds. The van der Waals surface area contributed by atoms with Crippen LogP contribution in [0.3, 0.4) is 0 Å². The van der Waals surface area contributed by atoms with Gasteiger partial charge in [-0.15, -0.1) is 0 Å². The van der Waals surface area contributed by atoms with Gasteiger partial charge in [0.25, 0.3) is 0 Å². The highest BCUT2D eigenvalue weighted by Crippen LogP contribution is 2.36. The van der Waals surface area contributed by atoms with Gasteiger partial charge in [0.1, 0.15) is 0 Å². The van der Waals surface area contributed by atoms with E-state index in [-0.39, 0.29) is 29.6 Å². The van der Waals surface area contributed by atoms with Gasteiger partial charge in [-0.05, 0) is 12.1 Å². The summed E-state index contributed by atoms with van der Waals surface area (Å²) in [6.07, 6.45) is 0.0822. The van der Waals surface area contributed by atoms with Crippen molar-refractivity contribution in [2.45, 2.75) is 6.42 Å². The second-order valence-electron chi connectivity index (χ2n) is 4.13. The van der Waals surface area contributed by atoms with Crippen LogP contribution in [0.1, 0.15) is 6.42 Å². The van der Waals surface area contributed by atoms with E-state index in [0.29, 0.717) is 10.7 Å². The SMILES string of the molecule is NC(=O)C1CC(=O)N(c2cc(Cl)cc(Cl)c2N)C1. The third-order valence-electron chi connectivity index (χ3n) is 2.89. The lowest BCUT2D eigenvalue weighted by molar-refractivity contribution is -0.123. The number of nitrogens with two attached hydrogens (primary N) is 2. The zero-order valence-corrected chi connectivity index (χ0v) is 10.8. The van der Waals surface area contributed by atoms with Gasteiger partial charge in [0.05, 0.1) is 22.3 Å². The molecule has 18 heavy (non-hydrogen) atoms. The Morgan fingerprint density at radius 1 is 1.39 bits per heavy atom. The minimum absolute atomic E-state index is 0.0822. The molecular weight excluding hydrogens is 277 g/mol. The van der Waals surface area contributed by atoms with E-state index in [4.69, 9.17) is 34.7 Å². The summed E-state index contributed by atoms with van der Waals surface area (Å²) in [4.78, 5) is 24.3. The maximum atomic E-state index is 11.8. The van der Waals surface area contributed by atoms with Crippen LogP contribution < -0.4 is 16.4 Å². The maximum Gasteiger partial charge on any atom is 0.227 e. The number of hydrogen-bond donors (Lipinski definition) is 2. The summed E-state index contributed by atoms with van der Waals surface area (Å²) in [6.45, 7) is 0.203. The quantitative estimate of drug-likeness (QED) is 0.806. The predicted octanol–water partition coefficient (Wildman–Crippen LogP) is 1.41. The van der Waals surface area contributed by atoms with Gasteiger partial charge in [-0.3, -0.25) is 9.59 Å². The zero-order valence-electron chi connectivity index (χ0n) is 9.32. The van der Waals surface area contributed by atoms with E-state index in [2.05, 4.69) is 0 Å². The molecule has 0 aromatic heterocycles. The standard InChI is InChI=1S/C11H11Cl2N3O2/c12-6-2-7(13)10(14)8(3-6)16-4-5(11(15)18)1-9(16)17/h2-3,5H,1,4,14H2,(H2,15,18). The minimum Gasteiger partial charge on any atom is -0.396 e. The lowest BCUT2D eigenvalue weighted by Gasteiger charge is -2.19. The molecule has 1 aromatic rings. The van der Waals surface area contributed by atoms with Crippen molar-refractivity contribution < 1.29 is 9.59 Å². The van der Waals surface area contributed by atoms with Crippen molar-refractivity contribution in [1.29, 1.82) is 0 Å². The fraction of sp³-hybridized carbons (Fsp3) is 0.273. The molecule has 1 fully saturated rings. The van der Waals surface area contributed by atoms with Crippen molar-refractivity contribution in [3.63, 3.8) is 0 Å². The van der Waals surface area contributed by atoms with Crippen molar-refractivity contribution in [2.24, 2.45) is 11.7 Å². The molecule has 1 heterocycles. The van der Waals surface area contributed by atoms with E-state index in [1.807, 2.05) is 0 Å². The molecule has 0 bridgehead atoms. The Labute approximate surface area is 114 Å². The second kappa shape index (κ2) is 4.66. The van der Waals surface area contributed by atoms with Crippen LogP contribution >= 0.6 is 23.2 Å². The highest BCUT2D eigenvalue weighted by Gasteiger charge is 2.35. The maximum absolute atomic E-state index is 11.8. The van der Waals surface area contributed by atoms with Gasteiger partial charge in [0.15, 0.2) is 0 Å². The predicted molar refractivity (Wildman–Crippen MR) is 70.5 cm³/mol. The fourth-order valence-corrected chi connectivity index (χ4v) is 2.41. The van der Waals surface area contributed by atoms with Gasteiger partial charge in [-0.25, -0.2) is 0 Å². The molecule has 0 spiro atoms. The third kappa shape index (κ3) is 2.23. The molecule has 1 aromatic carbocycles. The summed E-state index contributed by atoms with van der Waals surface area (Å²) in [7, 11) is 0. The van der Waals surface area contributed by atoms with Crippen molar-refractivity contribution >= 4 is 46.4 Å². The van der Waals surface area contributed by atoms with E-state index in [0.717, 1.165) is 0 Å². The number of nitrogen functional groups attached to an aromatic ring is 1. The van der Waals surface area contributed by atoms with Crippen LogP contribution in [-0.2, 0) is 9.59 Å². The number of anilines is 2. The van der Waals surface area contributed by atoms with Gasteiger partial charge in [-0.2, -0.15) is 0 Å². The summed E-state index contributed by atoms with van der Waals surface area (Å²) in [6, 6.07) is 3.04. The summed E-state index contributed by atoms with van der Waals surface area (Å²) >= 11 is 11.8. The number of benzene rings is 1. The highest BCUT2D eigenvalue weighted by molar-refractivity contribution is 6.37. The molecule has 0 radical (unpaired) electrons. The number of amides is 2. The molecule has 0 aliphatic carbocycles. The first-order chi connectivity index (χ1) is 8.40. The minimum atomic E-state index is -0.505. The monoisotopic (exact) mass is 287 g/mol. The number of carbonyl (C=O) groups is 2. The van der Waals surface area contributed by atoms with Crippen molar-refractivity contribution in [1.82, 2.24) is 0 Å². The summed E-state index contributed by atoms with van der Waals surface area (Å²) in [5, 5.41) is 0.646. The number of rotatable bonds is 2. The van der Waals surface area contributed by atoms with E-state index in [1.165, 1.54) is 11.0 Å². The first-order valence-corrected chi connectivity index (χ1v) is 6.00.